The first-order valence-corrected chi connectivity index (χ1v) is 41.3. The smallest absolute Gasteiger partial charge is 0.872 e. The van der Waals surface area contributed by atoms with Gasteiger partial charge in [0.1, 0.15) is 0 Å². The number of hydrogen-bond donors (Lipinski definition) is 0. The predicted molar refractivity (Wildman–Crippen MR) is 508 cm³/mol. The van der Waals surface area contributed by atoms with E-state index in [1.807, 2.05) is 182 Å². The number of benzene rings is 12. The van der Waals surface area contributed by atoms with Crippen molar-refractivity contribution in [2.75, 3.05) is 110 Å². The molecule has 138 heavy (non-hydrogen) atoms. The van der Waals surface area contributed by atoms with E-state index in [1.165, 1.54) is 98.2 Å². The van der Waals surface area contributed by atoms with Gasteiger partial charge in [-0.3, -0.25) is 53.9 Å². The van der Waals surface area contributed by atoms with Gasteiger partial charge in [0.15, 0.2) is 0 Å². The summed E-state index contributed by atoms with van der Waals surface area (Å²) in [6.45, 7) is -1.99. The van der Waals surface area contributed by atoms with Gasteiger partial charge >= 0.3 is 68.3 Å². The van der Waals surface area contributed by atoms with E-state index in [2.05, 4.69) is 30.0 Å². The third-order valence-corrected chi connectivity index (χ3v) is 17.0. The van der Waals surface area contributed by atoms with Crippen molar-refractivity contribution in [2.24, 2.45) is 30.0 Å². The molecule has 12 aromatic rings. The molecule has 0 saturated heterocycles. The Balaban J connectivity index is -0.000000737. The fourth-order valence-corrected chi connectivity index (χ4v) is 9.95. The number of rotatable bonds is 29. The molecule has 5 amide bonds. The minimum absolute atomic E-state index is 0. The second-order valence-electron chi connectivity index (χ2n) is 28.8. The van der Waals surface area contributed by atoms with Crippen LogP contribution in [0.2, 0.25) is 0 Å². The Kier molecular flexibility index (Phi) is 77.7. The number of carbonyl (C=O) groups excluding carboxylic acids is 5. The number of amides is 5. The minimum Gasteiger partial charge on any atom is -0.872 e. The molecule has 29 nitrogen and oxygen atoms in total. The molecule has 0 aromatic heterocycles. The van der Waals surface area contributed by atoms with Crippen LogP contribution >= 0.6 is 0 Å². The Morgan fingerprint density at radius 3 is 0.377 bits per heavy atom. The number of para-hydroxylation sites is 6. The van der Waals surface area contributed by atoms with E-state index in [1.54, 1.807) is 180 Å². The van der Waals surface area contributed by atoms with Gasteiger partial charge in [0.25, 0.3) is 0 Å². The number of carbonyl (C=O) groups is 5. The first-order chi connectivity index (χ1) is 64.2. The van der Waals surface area contributed by atoms with Crippen molar-refractivity contribution in [3.8, 4) is 34.5 Å². The van der Waals surface area contributed by atoms with E-state index in [9.17, 15) is 85.3 Å². The third-order valence-electron chi connectivity index (χ3n) is 17.0. The average Bonchev–Trinajstić information content (AvgIpc) is 0.895. The van der Waals surface area contributed by atoms with E-state index in [0.717, 1.165) is 65.4 Å². The molecule has 0 unspecified atom stereocenters. The van der Waals surface area contributed by atoms with Crippen LogP contribution in [0, 0.1) is 0 Å². The fraction of sp³-hybridized carbons (Fsp3) is 0.210. The van der Waals surface area contributed by atoms with Gasteiger partial charge in [-0.2, -0.15) is 0 Å². The molecule has 0 spiro atoms. The van der Waals surface area contributed by atoms with Crippen molar-refractivity contribution >= 4 is 69.3 Å². The van der Waals surface area contributed by atoms with Crippen LogP contribution in [-0.2, 0) is 92.2 Å². The molecule has 0 saturated carbocycles. The molecule has 0 heterocycles. The Morgan fingerprint density at radius 2 is 0.290 bits per heavy atom. The zero-order valence-corrected chi connectivity index (χ0v) is 82.4. The molecule has 12 aromatic carbocycles. The standard InChI is InChI=1S/6C15H14NO2.5C3H7NO.4Fe.H2O/c6*17-11-14(12-6-2-1-3-7-12)16-10-13-8-4-5-9-15(13)18;5*1-4(2)3-5;;;;;/h6*1-10,14,18H,11H2;5*3H,1-2H3;;;;;1H2/q6*-1;;;;;;4*+3;/p-6/t6*14-;;;;;;;;;;/m111111........../s1. The van der Waals surface area contributed by atoms with Crippen molar-refractivity contribution in [3.63, 3.8) is 0 Å². The summed E-state index contributed by atoms with van der Waals surface area (Å²) < 4.78 is 0. The Morgan fingerprint density at radius 1 is 0.196 bits per heavy atom. The van der Waals surface area contributed by atoms with Gasteiger partial charge in [-0.05, 0) is 66.8 Å². The van der Waals surface area contributed by atoms with Crippen LogP contribution in [0.1, 0.15) is 103 Å². The topological polar surface area (TPSA) is 484 Å². The van der Waals surface area contributed by atoms with E-state index < -0.39 is 36.3 Å². The molecule has 0 fully saturated rings. The molecule has 0 bridgehead atoms. The number of aliphatic imine (C=N–C) groups is 6. The van der Waals surface area contributed by atoms with Gasteiger partial charge in [-0.1, -0.05) is 328 Å². The van der Waals surface area contributed by atoms with E-state index in [0.29, 0.717) is 33.4 Å². The van der Waals surface area contributed by atoms with Crippen molar-refractivity contribution in [2.45, 2.75) is 36.3 Å². The van der Waals surface area contributed by atoms with Crippen LogP contribution in [0.4, 0.5) is 0 Å². The maximum absolute atomic E-state index is 11.5. The van der Waals surface area contributed by atoms with Crippen LogP contribution in [0.5, 0.6) is 34.5 Å². The summed E-state index contributed by atoms with van der Waals surface area (Å²) in [5.74, 6) is -0.506. The molecule has 2 N–H and O–H groups in total. The van der Waals surface area contributed by atoms with Gasteiger partial charge in [0.05, 0.1) is 36.3 Å². The molecule has 6 atom stereocenters. The van der Waals surface area contributed by atoms with E-state index >= 15 is 0 Å². The van der Waals surface area contributed by atoms with Crippen molar-refractivity contribution in [1.82, 2.24) is 24.5 Å². The predicted octanol–water partition coefficient (Wildman–Crippen LogP) is 5.37. The van der Waals surface area contributed by atoms with Gasteiger partial charge in [-0.15, -0.1) is 74.1 Å². The number of hydrogen-bond acceptors (Lipinski definition) is 23. The van der Waals surface area contributed by atoms with Crippen molar-refractivity contribution in [3.05, 3.63) is 394 Å². The molecule has 0 aliphatic heterocycles. The van der Waals surface area contributed by atoms with Crippen LogP contribution in [0.15, 0.2) is 358 Å². The van der Waals surface area contributed by atoms with Gasteiger partial charge < -0.3 is 91.3 Å². The molecule has 4 radical (unpaired) electrons. The monoisotopic (exact) mass is 2040 g/mol. The van der Waals surface area contributed by atoms with Crippen molar-refractivity contribution < 1.29 is 159 Å². The summed E-state index contributed by atoms with van der Waals surface area (Å²) in [5, 5.41) is 136. The Bertz CT molecular complexity index is 4470. The van der Waals surface area contributed by atoms with Crippen LogP contribution in [0.3, 0.4) is 0 Å². The zero-order chi connectivity index (χ0) is 98.2. The molecule has 730 valence electrons. The Labute approximate surface area is 852 Å². The second-order valence-corrected chi connectivity index (χ2v) is 28.8. The Hall–Kier alpha value is -13.4. The van der Waals surface area contributed by atoms with Crippen LogP contribution < -0.4 is 61.3 Å². The number of nitrogens with zero attached hydrogens (tertiary/aromatic N) is 11. The summed E-state index contributed by atoms with van der Waals surface area (Å²) in [6.07, 6.45) is 12.7. The summed E-state index contributed by atoms with van der Waals surface area (Å²) >= 11 is 0. The molecular weight excluding hydrogens is 1930 g/mol. The average molecular weight is 2040 g/mol. The quantitative estimate of drug-likeness (QED) is 0.0323. The van der Waals surface area contributed by atoms with Gasteiger partial charge in [0, 0.05) is 108 Å². The maximum Gasteiger partial charge on any atom is 3.00 e. The van der Waals surface area contributed by atoms with Crippen LogP contribution in [0.25, 0.3) is 0 Å². The molecule has 33 heteroatoms. The second kappa shape index (κ2) is 81.9. The SMILES string of the molecule is CN(C)C=O.CN(C)C=O.CN(C)C=O.CN(C)C=O.CN(C)C=O.O.[Fe+3].[Fe+3].[Fe+3].[Fe+3].[O-]C[C@@H](N=Cc1ccccc1[O-])c1ccccc1.[O-]C[C@@H](N=Cc1ccccc1[O-])c1ccccc1.[O-]C[C@@H](N=Cc1ccccc1[O-])c1ccccc1.[O-]C[C@@H](N=Cc1ccccc1[O-])c1ccccc1.[O-]C[C@@H](N=Cc1ccccc1[O-])c1ccccc1.[O-]C[C@@H](N=Cc1ccccc1[O-])c1ccccc1. The first-order valence-electron chi connectivity index (χ1n) is 41.3. The molecule has 0 aliphatic rings. The summed E-state index contributed by atoms with van der Waals surface area (Å²) in [5.41, 5.74) is 8.24. The van der Waals surface area contributed by atoms with E-state index in [4.69, 9.17) is 0 Å². The normalized spacial score (nSPS) is 11.2. The summed E-state index contributed by atoms with van der Waals surface area (Å²) in [7, 11) is 16.9. The van der Waals surface area contributed by atoms with Gasteiger partial charge in [-0.25, -0.2) is 0 Å². The summed E-state index contributed by atoms with van der Waals surface area (Å²) in [6, 6.07) is 93.3. The summed E-state index contributed by atoms with van der Waals surface area (Å²) in [4.78, 5) is 79.6. The fourth-order valence-electron chi connectivity index (χ4n) is 9.95. The molecular formula is C105H115Fe4N11O18. The minimum atomic E-state index is -0.439. The zero-order valence-electron chi connectivity index (χ0n) is 78.0. The van der Waals surface area contributed by atoms with E-state index in [-0.39, 0.29) is 148 Å². The molecule has 0 aliphatic carbocycles. The van der Waals surface area contributed by atoms with Gasteiger partial charge in [0.2, 0.25) is 32.1 Å². The van der Waals surface area contributed by atoms with Crippen LogP contribution in [-0.4, -0.2) is 209 Å². The maximum atomic E-state index is 11.5. The molecule has 12 rings (SSSR count). The third kappa shape index (κ3) is 58.1. The van der Waals surface area contributed by atoms with Crippen molar-refractivity contribution in [1.29, 1.82) is 0 Å². The first kappa shape index (κ1) is 131. The largest absolute Gasteiger partial charge is 3.00 e.